The molecular formula is C21H20FN3O5S. The van der Waals surface area contributed by atoms with E-state index in [1.807, 2.05) is 0 Å². The molecule has 2 aromatic carbocycles. The van der Waals surface area contributed by atoms with Crippen LogP contribution in [0.3, 0.4) is 0 Å². The van der Waals surface area contributed by atoms with Gasteiger partial charge in [0.05, 0.1) is 18.2 Å². The topological polar surface area (TPSA) is 129 Å². The third-order valence-corrected chi connectivity index (χ3v) is 6.42. The summed E-state index contributed by atoms with van der Waals surface area (Å²) in [5, 5.41) is 19.9. The molecule has 1 heterocycles. The number of amides is 1. The maximum atomic E-state index is 14.7. The SMILES string of the molecule is CS(=O)(=O)C(C[C@H]1CC(c2ccc(-c3ccc(CC#N)cc3)c(F)c2)=NO1)C(=O)NO. The third-order valence-electron chi connectivity index (χ3n) is 4.98. The molecule has 0 spiro atoms. The van der Waals surface area contributed by atoms with E-state index in [-0.39, 0.29) is 19.3 Å². The second-order valence-electron chi connectivity index (χ2n) is 7.23. The molecule has 1 unspecified atom stereocenters. The van der Waals surface area contributed by atoms with E-state index in [2.05, 4.69) is 11.2 Å². The molecule has 2 N–H and O–H groups in total. The minimum Gasteiger partial charge on any atom is -0.392 e. The first-order valence-electron chi connectivity index (χ1n) is 9.34. The van der Waals surface area contributed by atoms with Crippen LogP contribution in [0.1, 0.15) is 24.0 Å². The van der Waals surface area contributed by atoms with Gasteiger partial charge in [-0.05, 0) is 17.2 Å². The van der Waals surface area contributed by atoms with Crippen LogP contribution in [0.25, 0.3) is 11.1 Å². The van der Waals surface area contributed by atoms with Gasteiger partial charge in [-0.15, -0.1) is 0 Å². The number of nitrogens with one attached hydrogen (secondary N) is 1. The normalized spacial score (nSPS) is 16.7. The second kappa shape index (κ2) is 9.24. The largest absolute Gasteiger partial charge is 0.392 e. The molecule has 0 radical (unpaired) electrons. The Morgan fingerprint density at radius 1 is 1.32 bits per heavy atom. The molecule has 8 nitrogen and oxygen atoms in total. The van der Waals surface area contributed by atoms with Crippen molar-refractivity contribution in [1.29, 1.82) is 5.26 Å². The average molecular weight is 445 g/mol. The van der Waals surface area contributed by atoms with E-state index in [0.29, 0.717) is 22.4 Å². The summed E-state index contributed by atoms with van der Waals surface area (Å²) in [6.45, 7) is 0. The number of halogens is 1. The number of hydroxylamine groups is 1. The lowest BCUT2D eigenvalue weighted by molar-refractivity contribution is -0.129. The quantitative estimate of drug-likeness (QED) is 0.497. The molecular weight excluding hydrogens is 425 g/mol. The lowest BCUT2D eigenvalue weighted by Gasteiger charge is -2.16. The lowest BCUT2D eigenvalue weighted by atomic mass is 9.97. The number of sulfone groups is 1. The van der Waals surface area contributed by atoms with Gasteiger partial charge in [-0.1, -0.05) is 41.6 Å². The molecule has 2 atom stereocenters. The van der Waals surface area contributed by atoms with E-state index in [1.165, 1.54) is 11.5 Å². The van der Waals surface area contributed by atoms with Crippen LogP contribution in [-0.2, 0) is 25.9 Å². The van der Waals surface area contributed by atoms with Gasteiger partial charge in [-0.25, -0.2) is 18.3 Å². The Morgan fingerprint density at radius 2 is 2.00 bits per heavy atom. The number of hydrogen-bond donors (Lipinski definition) is 2. The van der Waals surface area contributed by atoms with Gasteiger partial charge in [0.1, 0.15) is 17.2 Å². The highest BCUT2D eigenvalue weighted by Gasteiger charge is 2.35. The van der Waals surface area contributed by atoms with E-state index in [4.69, 9.17) is 15.3 Å². The third kappa shape index (κ3) is 5.25. The van der Waals surface area contributed by atoms with Crippen molar-refractivity contribution in [2.24, 2.45) is 5.16 Å². The Bertz CT molecular complexity index is 1160. The van der Waals surface area contributed by atoms with Crippen molar-refractivity contribution in [2.45, 2.75) is 30.6 Å². The van der Waals surface area contributed by atoms with Crippen molar-refractivity contribution in [3.05, 3.63) is 59.4 Å². The zero-order valence-corrected chi connectivity index (χ0v) is 17.4. The molecule has 0 aromatic heterocycles. The summed E-state index contributed by atoms with van der Waals surface area (Å²) < 4.78 is 38.4. The molecule has 1 amide bonds. The van der Waals surface area contributed by atoms with Crippen molar-refractivity contribution in [3.63, 3.8) is 0 Å². The first kappa shape index (κ1) is 22.4. The fourth-order valence-electron chi connectivity index (χ4n) is 3.33. The number of hydrogen-bond acceptors (Lipinski definition) is 7. The predicted octanol–water partition coefficient (Wildman–Crippen LogP) is 2.36. The highest BCUT2D eigenvalue weighted by atomic mass is 32.2. The Morgan fingerprint density at radius 3 is 2.58 bits per heavy atom. The Labute approximate surface area is 178 Å². The van der Waals surface area contributed by atoms with Crippen LogP contribution in [0.15, 0.2) is 47.6 Å². The summed E-state index contributed by atoms with van der Waals surface area (Å²) in [6, 6.07) is 13.7. The number of nitrogens with zero attached hydrogens (tertiary/aromatic N) is 2. The highest BCUT2D eigenvalue weighted by molar-refractivity contribution is 7.92. The number of carbonyl (C=O) groups excluding carboxylic acids is 1. The minimum absolute atomic E-state index is 0.187. The van der Waals surface area contributed by atoms with Gasteiger partial charge in [-0.2, -0.15) is 5.26 Å². The van der Waals surface area contributed by atoms with E-state index >= 15 is 0 Å². The fourth-order valence-corrected chi connectivity index (χ4v) is 4.34. The van der Waals surface area contributed by atoms with Gasteiger partial charge in [-0.3, -0.25) is 10.0 Å². The van der Waals surface area contributed by atoms with E-state index in [9.17, 15) is 17.6 Å². The van der Waals surface area contributed by atoms with Crippen LogP contribution in [0.5, 0.6) is 0 Å². The van der Waals surface area contributed by atoms with Crippen LogP contribution in [0.2, 0.25) is 0 Å². The van der Waals surface area contributed by atoms with E-state index in [0.717, 1.165) is 11.8 Å². The summed E-state index contributed by atoms with van der Waals surface area (Å²) >= 11 is 0. The maximum Gasteiger partial charge on any atom is 0.261 e. The van der Waals surface area contributed by atoms with Crippen molar-refractivity contribution in [1.82, 2.24) is 5.48 Å². The predicted molar refractivity (Wildman–Crippen MR) is 110 cm³/mol. The summed E-state index contributed by atoms with van der Waals surface area (Å²) in [5.41, 5.74) is 4.15. The molecule has 10 heteroatoms. The summed E-state index contributed by atoms with van der Waals surface area (Å²) in [6.07, 6.45) is 0.454. The first-order valence-corrected chi connectivity index (χ1v) is 11.3. The van der Waals surface area contributed by atoms with Crippen molar-refractivity contribution in [2.75, 3.05) is 6.26 Å². The summed E-state index contributed by atoms with van der Waals surface area (Å²) in [5.74, 6) is -1.51. The van der Waals surface area contributed by atoms with Gasteiger partial charge < -0.3 is 4.84 Å². The van der Waals surface area contributed by atoms with Crippen LogP contribution >= 0.6 is 0 Å². The zero-order chi connectivity index (χ0) is 22.6. The minimum atomic E-state index is -3.78. The van der Waals surface area contributed by atoms with Gasteiger partial charge in [0.25, 0.3) is 5.91 Å². The molecule has 31 heavy (non-hydrogen) atoms. The number of benzene rings is 2. The van der Waals surface area contributed by atoms with Crippen molar-refractivity contribution >= 4 is 21.5 Å². The molecule has 0 saturated carbocycles. The molecule has 1 aliphatic rings. The van der Waals surface area contributed by atoms with Crippen molar-refractivity contribution in [3.8, 4) is 17.2 Å². The highest BCUT2D eigenvalue weighted by Crippen LogP contribution is 2.27. The lowest BCUT2D eigenvalue weighted by Crippen LogP contribution is -2.40. The average Bonchev–Trinajstić information content (AvgIpc) is 3.20. The fraction of sp³-hybridized carbons (Fsp3) is 0.286. The Kier molecular flexibility index (Phi) is 6.68. The van der Waals surface area contributed by atoms with Crippen LogP contribution in [0, 0.1) is 17.1 Å². The van der Waals surface area contributed by atoms with Crippen LogP contribution in [0.4, 0.5) is 4.39 Å². The van der Waals surface area contributed by atoms with Crippen molar-refractivity contribution < 1.29 is 27.6 Å². The van der Waals surface area contributed by atoms with Gasteiger partial charge >= 0.3 is 0 Å². The van der Waals surface area contributed by atoms with Gasteiger partial charge in [0, 0.05) is 30.2 Å². The van der Waals surface area contributed by atoms with Gasteiger partial charge in [0.15, 0.2) is 9.84 Å². The summed E-state index contributed by atoms with van der Waals surface area (Å²) in [4.78, 5) is 16.9. The molecule has 3 rings (SSSR count). The number of rotatable bonds is 7. The molecule has 0 bridgehead atoms. The Balaban J connectivity index is 1.72. The molecule has 0 fully saturated rings. The molecule has 0 saturated heterocycles. The number of nitriles is 1. The maximum absolute atomic E-state index is 14.7. The zero-order valence-electron chi connectivity index (χ0n) is 16.6. The molecule has 2 aromatic rings. The van der Waals surface area contributed by atoms with Gasteiger partial charge in [0.2, 0.25) is 0 Å². The molecule has 1 aliphatic heterocycles. The first-order chi connectivity index (χ1) is 14.7. The number of oxime groups is 1. The standard InChI is InChI=1S/C21H20FN3O5S/c1-31(28,29)20(21(26)24-27)12-16-11-19(25-30-16)15-6-7-17(18(22)10-15)14-4-2-13(3-5-14)8-9-23/h2-7,10,16,20,27H,8,11-12H2,1H3,(H,24,26)/t16-,20?/m1/s1. The number of carbonyl (C=O) groups is 1. The monoisotopic (exact) mass is 445 g/mol. The van der Waals surface area contributed by atoms with E-state index in [1.54, 1.807) is 36.4 Å². The summed E-state index contributed by atoms with van der Waals surface area (Å²) in [7, 11) is -3.78. The smallest absolute Gasteiger partial charge is 0.261 e. The van der Waals surface area contributed by atoms with Crippen LogP contribution in [-0.4, -0.2) is 42.9 Å². The van der Waals surface area contributed by atoms with E-state index < -0.39 is 32.9 Å². The Hall–Kier alpha value is -3.29. The van der Waals surface area contributed by atoms with Crippen LogP contribution < -0.4 is 5.48 Å². The molecule has 162 valence electrons. The second-order valence-corrected chi connectivity index (χ2v) is 9.45. The molecule has 0 aliphatic carbocycles.